The van der Waals surface area contributed by atoms with Gasteiger partial charge in [0.25, 0.3) is 0 Å². The molecule has 2 aromatic rings. The lowest BCUT2D eigenvalue weighted by Crippen LogP contribution is -2.59. The minimum absolute atomic E-state index is 0.191. The van der Waals surface area contributed by atoms with Crippen molar-refractivity contribution in [2.75, 3.05) is 18.4 Å². The van der Waals surface area contributed by atoms with Gasteiger partial charge in [-0.05, 0) is 30.5 Å². The first kappa shape index (κ1) is 14.3. The molecule has 0 saturated carbocycles. The molecule has 0 bridgehead atoms. The van der Waals surface area contributed by atoms with E-state index < -0.39 is 0 Å². The topological polar surface area (TPSA) is 27.6 Å². The maximum absolute atomic E-state index is 4.90. The van der Waals surface area contributed by atoms with Crippen LogP contribution in [0.2, 0.25) is 0 Å². The van der Waals surface area contributed by atoms with E-state index >= 15 is 0 Å². The standard InChI is InChI=1S/C20H23N3/c1-2-13-20(16-9-4-3-5-10-16)22-18-12-7-6-11-17(18)19-21-14-8-15-23(19)20/h3-7,9-12,22H,2,8,13-15H2,1H3. The molecule has 1 unspecified atom stereocenters. The van der Waals surface area contributed by atoms with Gasteiger partial charge in [0.05, 0.1) is 0 Å². The van der Waals surface area contributed by atoms with Crippen LogP contribution in [0.3, 0.4) is 0 Å². The van der Waals surface area contributed by atoms with Gasteiger partial charge in [-0.3, -0.25) is 4.99 Å². The average molecular weight is 305 g/mol. The third-order valence-electron chi connectivity index (χ3n) is 4.89. The fourth-order valence-corrected chi connectivity index (χ4v) is 3.93. The molecule has 2 aliphatic heterocycles. The van der Waals surface area contributed by atoms with Crippen LogP contribution < -0.4 is 5.32 Å². The SMILES string of the molecule is CCCC1(c2ccccc2)Nc2ccccc2C2=NCCCN21. The quantitative estimate of drug-likeness (QED) is 0.919. The number of para-hydroxylation sites is 1. The molecule has 3 nitrogen and oxygen atoms in total. The summed E-state index contributed by atoms with van der Waals surface area (Å²) in [5.41, 5.74) is 3.56. The Bertz CT molecular complexity index is 723. The number of rotatable bonds is 3. The van der Waals surface area contributed by atoms with Crippen LogP contribution in [0.5, 0.6) is 0 Å². The van der Waals surface area contributed by atoms with Gasteiger partial charge in [0.2, 0.25) is 0 Å². The molecule has 0 aromatic heterocycles. The first-order chi connectivity index (χ1) is 11.3. The van der Waals surface area contributed by atoms with E-state index in [1.165, 1.54) is 16.8 Å². The van der Waals surface area contributed by atoms with Gasteiger partial charge in [-0.25, -0.2) is 0 Å². The van der Waals surface area contributed by atoms with Gasteiger partial charge >= 0.3 is 0 Å². The zero-order chi connectivity index (χ0) is 15.7. The first-order valence-corrected chi connectivity index (χ1v) is 8.60. The highest BCUT2D eigenvalue weighted by atomic mass is 15.4. The van der Waals surface area contributed by atoms with E-state index in [1.54, 1.807) is 0 Å². The van der Waals surface area contributed by atoms with Gasteiger partial charge in [0.15, 0.2) is 0 Å². The largest absolute Gasteiger partial charge is 0.358 e. The van der Waals surface area contributed by atoms with E-state index in [4.69, 9.17) is 4.99 Å². The summed E-state index contributed by atoms with van der Waals surface area (Å²) in [6, 6.07) is 19.4. The van der Waals surface area contributed by atoms with Gasteiger partial charge in [0, 0.05) is 24.3 Å². The Hall–Kier alpha value is -2.29. The molecule has 4 rings (SSSR count). The summed E-state index contributed by atoms with van der Waals surface area (Å²) in [6.07, 6.45) is 3.30. The molecule has 0 fully saturated rings. The summed E-state index contributed by atoms with van der Waals surface area (Å²) < 4.78 is 0. The van der Waals surface area contributed by atoms with Gasteiger partial charge in [-0.1, -0.05) is 55.8 Å². The number of hydrogen-bond acceptors (Lipinski definition) is 3. The number of hydrogen-bond donors (Lipinski definition) is 1. The van der Waals surface area contributed by atoms with Crippen LogP contribution in [0.4, 0.5) is 5.69 Å². The second kappa shape index (κ2) is 5.73. The van der Waals surface area contributed by atoms with Crippen molar-refractivity contribution < 1.29 is 0 Å². The molecule has 0 aliphatic carbocycles. The smallest absolute Gasteiger partial charge is 0.138 e. The summed E-state index contributed by atoms with van der Waals surface area (Å²) in [5, 5.41) is 3.87. The number of aliphatic imine (C=N–C) groups is 1. The number of amidine groups is 1. The highest BCUT2D eigenvalue weighted by Crippen LogP contribution is 2.42. The molecule has 2 aromatic carbocycles. The predicted molar refractivity (Wildman–Crippen MR) is 95.8 cm³/mol. The maximum atomic E-state index is 4.90. The third kappa shape index (κ3) is 2.23. The van der Waals surface area contributed by atoms with E-state index in [9.17, 15) is 0 Å². The lowest BCUT2D eigenvalue weighted by atomic mass is 9.87. The summed E-state index contributed by atoms with van der Waals surface area (Å²) >= 11 is 0. The normalized spacial score (nSPS) is 22.7. The lowest BCUT2D eigenvalue weighted by molar-refractivity contribution is 0.176. The second-order valence-corrected chi connectivity index (χ2v) is 6.36. The second-order valence-electron chi connectivity index (χ2n) is 6.36. The molecular formula is C20H23N3. The minimum atomic E-state index is -0.191. The van der Waals surface area contributed by atoms with Crippen LogP contribution in [0.25, 0.3) is 0 Å². The summed E-state index contributed by atoms with van der Waals surface area (Å²) in [7, 11) is 0. The van der Waals surface area contributed by atoms with Crippen LogP contribution in [0, 0.1) is 0 Å². The van der Waals surface area contributed by atoms with Gasteiger partial charge in [0.1, 0.15) is 11.5 Å². The highest BCUT2D eigenvalue weighted by molar-refractivity contribution is 6.06. The minimum Gasteiger partial charge on any atom is -0.358 e. The zero-order valence-electron chi connectivity index (χ0n) is 13.6. The summed E-state index contributed by atoms with van der Waals surface area (Å²) in [4.78, 5) is 7.40. The number of anilines is 1. The molecule has 0 spiro atoms. The van der Waals surface area contributed by atoms with Crippen molar-refractivity contribution in [3.8, 4) is 0 Å². The van der Waals surface area contributed by atoms with E-state index in [0.717, 1.165) is 38.2 Å². The molecule has 23 heavy (non-hydrogen) atoms. The lowest BCUT2D eigenvalue weighted by Gasteiger charge is -2.52. The Labute approximate surface area is 138 Å². The van der Waals surface area contributed by atoms with E-state index in [0.29, 0.717) is 0 Å². The van der Waals surface area contributed by atoms with Crippen LogP contribution in [0.1, 0.15) is 37.3 Å². The number of benzene rings is 2. The fraction of sp³-hybridized carbons (Fsp3) is 0.350. The molecule has 3 heteroatoms. The molecule has 2 aliphatic rings. The fourth-order valence-electron chi connectivity index (χ4n) is 3.93. The highest BCUT2D eigenvalue weighted by Gasteiger charge is 2.44. The molecule has 0 radical (unpaired) electrons. The van der Waals surface area contributed by atoms with Gasteiger partial charge < -0.3 is 10.2 Å². The molecule has 118 valence electrons. The number of nitrogens with one attached hydrogen (secondary N) is 1. The Kier molecular flexibility index (Phi) is 3.56. The molecule has 1 N–H and O–H groups in total. The third-order valence-corrected chi connectivity index (χ3v) is 4.89. The number of fused-ring (bicyclic) bond motifs is 3. The Morgan fingerprint density at radius 3 is 2.70 bits per heavy atom. The molecule has 2 heterocycles. The van der Waals surface area contributed by atoms with Crippen molar-refractivity contribution in [1.82, 2.24) is 4.90 Å². The Morgan fingerprint density at radius 2 is 1.87 bits per heavy atom. The van der Waals surface area contributed by atoms with Crippen LogP contribution >= 0.6 is 0 Å². The zero-order valence-corrected chi connectivity index (χ0v) is 13.6. The molecular weight excluding hydrogens is 282 g/mol. The first-order valence-electron chi connectivity index (χ1n) is 8.60. The van der Waals surface area contributed by atoms with E-state index in [1.807, 2.05) is 0 Å². The summed E-state index contributed by atoms with van der Waals surface area (Å²) in [5.74, 6) is 1.16. The summed E-state index contributed by atoms with van der Waals surface area (Å²) in [6.45, 7) is 4.24. The van der Waals surface area contributed by atoms with Crippen molar-refractivity contribution in [2.45, 2.75) is 31.8 Å². The maximum Gasteiger partial charge on any atom is 0.138 e. The Balaban J connectivity index is 1.93. The monoisotopic (exact) mass is 305 g/mol. The van der Waals surface area contributed by atoms with Crippen LogP contribution in [-0.4, -0.2) is 23.8 Å². The Morgan fingerprint density at radius 1 is 1.09 bits per heavy atom. The predicted octanol–water partition coefficient (Wildman–Crippen LogP) is 4.22. The van der Waals surface area contributed by atoms with Gasteiger partial charge in [-0.15, -0.1) is 0 Å². The molecule has 1 atom stereocenters. The van der Waals surface area contributed by atoms with Gasteiger partial charge in [-0.2, -0.15) is 0 Å². The number of nitrogens with zero attached hydrogens (tertiary/aromatic N) is 2. The van der Waals surface area contributed by atoms with Crippen molar-refractivity contribution in [3.05, 3.63) is 65.7 Å². The van der Waals surface area contributed by atoms with Crippen LogP contribution in [-0.2, 0) is 5.66 Å². The van der Waals surface area contributed by atoms with Crippen LogP contribution in [0.15, 0.2) is 59.6 Å². The van der Waals surface area contributed by atoms with Crippen molar-refractivity contribution in [3.63, 3.8) is 0 Å². The van der Waals surface area contributed by atoms with Crippen molar-refractivity contribution >= 4 is 11.5 Å². The molecule has 0 saturated heterocycles. The van der Waals surface area contributed by atoms with Crippen molar-refractivity contribution in [2.24, 2.45) is 4.99 Å². The average Bonchev–Trinajstić information content (AvgIpc) is 2.63. The van der Waals surface area contributed by atoms with E-state index in [2.05, 4.69) is 71.7 Å². The molecule has 0 amide bonds. The van der Waals surface area contributed by atoms with E-state index in [-0.39, 0.29) is 5.66 Å². The van der Waals surface area contributed by atoms with Crippen molar-refractivity contribution in [1.29, 1.82) is 0 Å².